The maximum Gasteiger partial charge on any atom is 0.274 e. The quantitative estimate of drug-likeness (QED) is 0.809. The lowest BCUT2D eigenvalue weighted by Gasteiger charge is -2.25. The van der Waals surface area contributed by atoms with Gasteiger partial charge in [-0.3, -0.25) is 19.7 Å². The second kappa shape index (κ2) is 6.96. The van der Waals surface area contributed by atoms with E-state index in [4.69, 9.17) is 4.74 Å². The van der Waals surface area contributed by atoms with Crippen molar-refractivity contribution in [2.75, 3.05) is 18.5 Å². The molecular formula is C16H17N5O4S. The molecule has 136 valence electrons. The fourth-order valence-corrected chi connectivity index (χ4v) is 4.04. The lowest BCUT2D eigenvalue weighted by Crippen LogP contribution is -2.36. The molecule has 0 bridgehead atoms. The number of amides is 2. The van der Waals surface area contributed by atoms with Crippen molar-refractivity contribution in [3.05, 3.63) is 38.8 Å². The second-order valence-corrected chi connectivity index (χ2v) is 7.25. The van der Waals surface area contributed by atoms with E-state index in [2.05, 4.69) is 20.5 Å². The highest BCUT2D eigenvalue weighted by Crippen LogP contribution is 2.29. The molecule has 10 heteroatoms. The van der Waals surface area contributed by atoms with Crippen LogP contribution in [-0.2, 0) is 22.5 Å². The van der Waals surface area contributed by atoms with Crippen molar-refractivity contribution in [2.45, 2.75) is 31.9 Å². The van der Waals surface area contributed by atoms with E-state index in [9.17, 15) is 14.4 Å². The van der Waals surface area contributed by atoms with Gasteiger partial charge in [0.05, 0.1) is 12.2 Å². The second-order valence-electron chi connectivity index (χ2n) is 6.16. The summed E-state index contributed by atoms with van der Waals surface area (Å²) in [5.41, 5.74) is 0.747. The van der Waals surface area contributed by atoms with Crippen LogP contribution >= 0.6 is 11.3 Å². The topological polar surface area (TPSA) is 117 Å². The molecule has 2 aliphatic heterocycles. The van der Waals surface area contributed by atoms with Crippen LogP contribution in [0.3, 0.4) is 0 Å². The highest BCUT2D eigenvalue weighted by atomic mass is 32.1. The number of nitrogens with one attached hydrogen (secondary N) is 2. The van der Waals surface area contributed by atoms with E-state index in [1.54, 1.807) is 4.90 Å². The summed E-state index contributed by atoms with van der Waals surface area (Å²) in [5.74, 6) is -0.413. The minimum atomic E-state index is -0.402. The number of thiazole rings is 1. The summed E-state index contributed by atoms with van der Waals surface area (Å²) in [7, 11) is 0. The maximum absolute atomic E-state index is 12.5. The minimum absolute atomic E-state index is 0.168. The standard InChI is InChI=1S/C16H17N5O4S/c22-13-4-3-10(19-20-13)15(24)21-6-5-9-12(8-21)26-16(17-9)18-14(23)11-2-1-7-25-11/h3-4,11H,1-2,5-8H2,(H,20,22)(H,17,18,23). The van der Waals surface area contributed by atoms with E-state index < -0.39 is 6.10 Å². The van der Waals surface area contributed by atoms with Gasteiger partial charge in [-0.25, -0.2) is 10.1 Å². The first kappa shape index (κ1) is 16.9. The Bertz CT molecular complexity index is 882. The van der Waals surface area contributed by atoms with Crippen molar-refractivity contribution >= 4 is 28.3 Å². The van der Waals surface area contributed by atoms with Crippen molar-refractivity contribution in [1.29, 1.82) is 0 Å². The fraction of sp³-hybridized carbons (Fsp3) is 0.438. The van der Waals surface area contributed by atoms with Crippen LogP contribution in [0.4, 0.5) is 5.13 Å². The molecule has 2 aromatic rings. The third-order valence-corrected chi connectivity index (χ3v) is 5.37. The number of anilines is 1. The van der Waals surface area contributed by atoms with Gasteiger partial charge in [-0.15, -0.1) is 0 Å². The molecule has 1 saturated heterocycles. The summed E-state index contributed by atoms with van der Waals surface area (Å²) in [6.45, 7) is 1.53. The first-order chi connectivity index (χ1) is 12.6. The molecule has 0 saturated carbocycles. The number of ether oxygens (including phenoxy) is 1. The average molecular weight is 375 g/mol. The van der Waals surface area contributed by atoms with E-state index in [1.165, 1.54) is 23.5 Å². The normalized spacial score (nSPS) is 19.2. The van der Waals surface area contributed by atoms with Gasteiger partial charge in [0.1, 0.15) is 11.8 Å². The number of carbonyl (C=O) groups excluding carboxylic acids is 2. The molecule has 2 aliphatic rings. The summed E-state index contributed by atoms with van der Waals surface area (Å²) < 4.78 is 5.37. The number of nitrogens with zero attached hydrogens (tertiary/aromatic N) is 3. The molecule has 1 atom stereocenters. The summed E-state index contributed by atoms with van der Waals surface area (Å²) >= 11 is 1.37. The van der Waals surface area contributed by atoms with Crippen LogP contribution in [-0.4, -0.2) is 51.2 Å². The highest BCUT2D eigenvalue weighted by molar-refractivity contribution is 7.15. The number of H-pyrrole nitrogens is 1. The maximum atomic E-state index is 12.5. The van der Waals surface area contributed by atoms with Gasteiger partial charge in [-0.2, -0.15) is 5.10 Å². The Morgan fingerprint density at radius 3 is 3.00 bits per heavy atom. The van der Waals surface area contributed by atoms with Crippen LogP contribution in [0.1, 0.15) is 33.9 Å². The van der Waals surface area contributed by atoms with Crippen molar-refractivity contribution in [1.82, 2.24) is 20.1 Å². The van der Waals surface area contributed by atoms with E-state index in [1.807, 2.05) is 0 Å². The Kier molecular flexibility index (Phi) is 4.51. The zero-order valence-electron chi connectivity index (χ0n) is 13.9. The molecule has 0 aromatic carbocycles. The van der Waals surface area contributed by atoms with Crippen LogP contribution in [0.15, 0.2) is 16.9 Å². The molecule has 4 rings (SSSR count). The zero-order valence-corrected chi connectivity index (χ0v) is 14.7. The molecular weight excluding hydrogens is 358 g/mol. The van der Waals surface area contributed by atoms with Gasteiger partial charge in [0, 0.05) is 30.5 Å². The Hall–Kier alpha value is -2.59. The van der Waals surface area contributed by atoms with E-state index in [0.717, 1.165) is 23.4 Å². The number of aromatic nitrogens is 3. The van der Waals surface area contributed by atoms with Gasteiger partial charge in [0.25, 0.3) is 17.4 Å². The monoisotopic (exact) mass is 375 g/mol. The third-order valence-electron chi connectivity index (χ3n) is 4.37. The predicted octanol–water partition coefficient (Wildman–Crippen LogP) is 0.542. The van der Waals surface area contributed by atoms with Gasteiger partial charge < -0.3 is 9.64 Å². The van der Waals surface area contributed by atoms with E-state index in [-0.39, 0.29) is 23.1 Å². The molecule has 1 unspecified atom stereocenters. The SMILES string of the molecule is O=C(Nc1nc2c(s1)CN(C(=O)c1ccc(=O)[nH]n1)CC2)C1CCCO1. The highest BCUT2D eigenvalue weighted by Gasteiger charge is 2.28. The summed E-state index contributed by atoms with van der Waals surface area (Å²) in [4.78, 5) is 42.8. The Morgan fingerprint density at radius 2 is 2.27 bits per heavy atom. The number of fused-ring (bicyclic) bond motifs is 1. The van der Waals surface area contributed by atoms with Crippen LogP contribution in [0.5, 0.6) is 0 Å². The summed E-state index contributed by atoms with van der Waals surface area (Å²) in [6.07, 6.45) is 1.82. The van der Waals surface area contributed by atoms with E-state index in [0.29, 0.717) is 31.2 Å². The Balaban J connectivity index is 1.44. The molecule has 1 fully saturated rings. The predicted molar refractivity (Wildman–Crippen MR) is 93.0 cm³/mol. The minimum Gasteiger partial charge on any atom is -0.368 e. The van der Waals surface area contributed by atoms with Gasteiger partial charge in [0.2, 0.25) is 0 Å². The fourth-order valence-electron chi connectivity index (χ4n) is 3.02. The van der Waals surface area contributed by atoms with Crippen LogP contribution in [0.25, 0.3) is 0 Å². The van der Waals surface area contributed by atoms with Crippen LogP contribution < -0.4 is 10.9 Å². The average Bonchev–Trinajstić information content (AvgIpc) is 3.30. The molecule has 2 N–H and O–H groups in total. The van der Waals surface area contributed by atoms with E-state index >= 15 is 0 Å². The van der Waals surface area contributed by atoms with Gasteiger partial charge in [0.15, 0.2) is 5.13 Å². The zero-order chi connectivity index (χ0) is 18.1. The number of hydrogen-bond donors (Lipinski definition) is 2. The molecule has 4 heterocycles. The van der Waals surface area contributed by atoms with Gasteiger partial charge >= 0.3 is 0 Å². The van der Waals surface area contributed by atoms with Gasteiger partial charge in [-0.1, -0.05) is 11.3 Å². The van der Waals surface area contributed by atoms with Crippen molar-refractivity contribution in [3.63, 3.8) is 0 Å². The largest absolute Gasteiger partial charge is 0.368 e. The summed E-state index contributed by atoms with van der Waals surface area (Å²) in [5, 5.41) is 9.40. The Morgan fingerprint density at radius 1 is 1.38 bits per heavy atom. The van der Waals surface area contributed by atoms with Crippen molar-refractivity contribution < 1.29 is 14.3 Å². The molecule has 0 radical (unpaired) electrons. The molecule has 9 nitrogen and oxygen atoms in total. The lowest BCUT2D eigenvalue weighted by atomic mass is 10.1. The molecule has 26 heavy (non-hydrogen) atoms. The molecule has 2 aromatic heterocycles. The van der Waals surface area contributed by atoms with Crippen LogP contribution in [0, 0.1) is 0 Å². The number of rotatable bonds is 3. The smallest absolute Gasteiger partial charge is 0.274 e. The third kappa shape index (κ3) is 3.37. The summed E-state index contributed by atoms with van der Waals surface area (Å²) in [6, 6.07) is 2.69. The van der Waals surface area contributed by atoms with Crippen molar-refractivity contribution in [2.24, 2.45) is 0 Å². The Labute approximate surface area is 152 Å². The first-order valence-corrected chi connectivity index (χ1v) is 9.18. The molecule has 2 amide bonds. The number of hydrogen-bond acceptors (Lipinski definition) is 7. The number of carbonyl (C=O) groups is 2. The molecule has 0 aliphatic carbocycles. The van der Waals surface area contributed by atoms with Crippen LogP contribution in [0.2, 0.25) is 0 Å². The number of aromatic amines is 1. The van der Waals surface area contributed by atoms with Crippen molar-refractivity contribution in [3.8, 4) is 0 Å². The lowest BCUT2D eigenvalue weighted by molar-refractivity contribution is -0.124. The van der Waals surface area contributed by atoms with Gasteiger partial charge in [-0.05, 0) is 18.9 Å². The molecule has 0 spiro atoms. The first-order valence-electron chi connectivity index (χ1n) is 8.36.